The lowest BCUT2D eigenvalue weighted by molar-refractivity contribution is -0.138. The van der Waals surface area contributed by atoms with E-state index < -0.39 is 0 Å². The van der Waals surface area contributed by atoms with Crippen LogP contribution in [-0.4, -0.2) is 23.9 Å². The minimum atomic E-state index is 0.0949. The molecule has 2 aromatic carbocycles. The van der Waals surface area contributed by atoms with Crippen LogP contribution in [0.1, 0.15) is 53.0 Å². The number of hydrogen-bond donors (Lipinski definition) is 0. The second-order valence-corrected chi connectivity index (χ2v) is 9.87. The summed E-state index contributed by atoms with van der Waals surface area (Å²) in [6, 6.07) is 20.2. The number of likely N-dealkylation sites (tertiary alicyclic amines) is 1. The van der Waals surface area contributed by atoms with Gasteiger partial charge in [0.25, 0.3) is 0 Å². The molecule has 2 nitrogen and oxygen atoms in total. The SMILES string of the molecule is CCC(C(=O)N1CCC(C)C1)C(C)(C)C.Cc1ccc(Br)cc1.c1ccccc1. The molecule has 2 aromatic rings. The third-order valence-electron chi connectivity index (χ3n) is 5.16. The first-order valence-corrected chi connectivity index (χ1v) is 11.5. The highest BCUT2D eigenvalue weighted by atomic mass is 79.9. The van der Waals surface area contributed by atoms with Gasteiger partial charge in [-0.25, -0.2) is 0 Å². The lowest BCUT2D eigenvalue weighted by Gasteiger charge is -2.32. The number of carbonyl (C=O) groups excluding carboxylic acids is 1. The molecule has 0 saturated carbocycles. The summed E-state index contributed by atoms with van der Waals surface area (Å²) in [6.07, 6.45) is 2.12. The molecule has 0 N–H and O–H groups in total. The zero-order valence-electron chi connectivity index (χ0n) is 19.0. The number of carbonyl (C=O) groups is 1. The predicted molar refractivity (Wildman–Crippen MR) is 129 cm³/mol. The van der Waals surface area contributed by atoms with E-state index in [1.54, 1.807) is 0 Å². The summed E-state index contributed by atoms with van der Waals surface area (Å²) in [5.41, 5.74) is 1.39. The Morgan fingerprint density at radius 2 is 1.55 bits per heavy atom. The van der Waals surface area contributed by atoms with Gasteiger partial charge in [0.2, 0.25) is 5.91 Å². The molecule has 1 amide bonds. The Bertz CT molecular complexity index is 643. The van der Waals surface area contributed by atoms with E-state index in [4.69, 9.17) is 0 Å². The maximum atomic E-state index is 12.3. The van der Waals surface area contributed by atoms with Crippen molar-refractivity contribution in [2.24, 2.45) is 17.3 Å². The summed E-state index contributed by atoms with van der Waals surface area (Å²) >= 11 is 3.35. The van der Waals surface area contributed by atoms with E-state index in [2.05, 4.69) is 74.5 Å². The minimum Gasteiger partial charge on any atom is -0.342 e. The van der Waals surface area contributed by atoms with Gasteiger partial charge in [-0.2, -0.15) is 0 Å². The predicted octanol–water partition coefficient (Wildman–Crippen LogP) is 7.37. The van der Waals surface area contributed by atoms with Crippen molar-refractivity contribution in [1.29, 1.82) is 0 Å². The molecule has 160 valence electrons. The Morgan fingerprint density at radius 1 is 1.07 bits per heavy atom. The van der Waals surface area contributed by atoms with Crippen molar-refractivity contribution < 1.29 is 4.79 Å². The number of amides is 1. The van der Waals surface area contributed by atoms with Gasteiger partial charge in [-0.15, -0.1) is 0 Å². The van der Waals surface area contributed by atoms with Gasteiger partial charge < -0.3 is 4.90 Å². The van der Waals surface area contributed by atoms with Crippen LogP contribution in [0.4, 0.5) is 0 Å². The molecular formula is C26H38BrNO. The molecule has 0 aliphatic carbocycles. The van der Waals surface area contributed by atoms with Crippen LogP contribution in [-0.2, 0) is 4.79 Å². The Labute approximate surface area is 186 Å². The molecule has 1 aliphatic rings. The lowest BCUT2D eigenvalue weighted by atomic mass is 9.78. The first-order chi connectivity index (χ1) is 13.6. The minimum absolute atomic E-state index is 0.0949. The Balaban J connectivity index is 0.000000248. The third-order valence-corrected chi connectivity index (χ3v) is 5.69. The largest absolute Gasteiger partial charge is 0.342 e. The molecule has 1 fully saturated rings. The molecule has 1 heterocycles. The third kappa shape index (κ3) is 10.1. The van der Waals surface area contributed by atoms with Gasteiger partial charge in [0.05, 0.1) is 0 Å². The van der Waals surface area contributed by atoms with E-state index >= 15 is 0 Å². The standard InChI is InChI=1S/C13H25NO.C7H7Br.C6H6/c1-6-11(13(3,4)5)12(15)14-8-7-10(2)9-14;1-6-2-4-7(8)5-3-6;1-2-4-6-5-3-1/h10-11H,6-9H2,1-5H3;2-5H,1H3;1-6H. The molecule has 2 atom stereocenters. The summed E-state index contributed by atoms with van der Waals surface area (Å²) in [7, 11) is 0. The van der Waals surface area contributed by atoms with Crippen molar-refractivity contribution in [3.63, 3.8) is 0 Å². The van der Waals surface area contributed by atoms with Crippen molar-refractivity contribution in [2.75, 3.05) is 13.1 Å². The quantitative estimate of drug-likeness (QED) is 0.458. The van der Waals surface area contributed by atoms with Crippen LogP contribution in [0.25, 0.3) is 0 Å². The molecule has 0 aromatic heterocycles. The van der Waals surface area contributed by atoms with Crippen molar-refractivity contribution in [2.45, 2.75) is 54.4 Å². The molecule has 0 spiro atoms. The molecular weight excluding hydrogens is 422 g/mol. The van der Waals surface area contributed by atoms with Crippen molar-refractivity contribution in [3.8, 4) is 0 Å². The smallest absolute Gasteiger partial charge is 0.226 e. The van der Waals surface area contributed by atoms with Crippen LogP contribution < -0.4 is 0 Å². The van der Waals surface area contributed by atoms with Crippen LogP contribution in [0, 0.1) is 24.2 Å². The molecule has 0 bridgehead atoms. The summed E-state index contributed by atoms with van der Waals surface area (Å²) in [5.74, 6) is 1.24. The fourth-order valence-corrected chi connectivity index (χ4v) is 3.70. The average molecular weight is 460 g/mol. The second-order valence-electron chi connectivity index (χ2n) is 8.96. The van der Waals surface area contributed by atoms with Gasteiger partial charge in [-0.3, -0.25) is 4.79 Å². The zero-order chi connectivity index (χ0) is 21.9. The summed E-state index contributed by atoms with van der Waals surface area (Å²) < 4.78 is 1.14. The number of benzene rings is 2. The van der Waals surface area contributed by atoms with Gasteiger partial charge in [0.15, 0.2) is 0 Å². The van der Waals surface area contributed by atoms with E-state index in [-0.39, 0.29) is 11.3 Å². The van der Waals surface area contributed by atoms with Gasteiger partial charge in [-0.1, -0.05) is 105 Å². The van der Waals surface area contributed by atoms with Gasteiger partial charge in [0, 0.05) is 23.5 Å². The monoisotopic (exact) mass is 459 g/mol. The van der Waals surface area contributed by atoms with E-state index in [0.29, 0.717) is 11.8 Å². The molecule has 3 rings (SSSR count). The molecule has 1 aliphatic heterocycles. The summed E-state index contributed by atoms with van der Waals surface area (Å²) in [6.45, 7) is 14.8. The highest BCUT2D eigenvalue weighted by Crippen LogP contribution is 2.31. The van der Waals surface area contributed by atoms with Crippen LogP contribution >= 0.6 is 15.9 Å². The van der Waals surface area contributed by atoms with E-state index in [0.717, 1.165) is 24.0 Å². The number of halogens is 1. The van der Waals surface area contributed by atoms with Gasteiger partial charge in [-0.05, 0) is 43.2 Å². The number of hydrogen-bond acceptors (Lipinski definition) is 1. The molecule has 2 unspecified atom stereocenters. The summed E-state index contributed by atoms with van der Waals surface area (Å²) in [4.78, 5) is 14.4. The fourth-order valence-electron chi connectivity index (χ4n) is 3.43. The maximum absolute atomic E-state index is 12.3. The van der Waals surface area contributed by atoms with Crippen LogP contribution in [0.15, 0.2) is 65.1 Å². The van der Waals surface area contributed by atoms with Crippen molar-refractivity contribution in [3.05, 3.63) is 70.7 Å². The maximum Gasteiger partial charge on any atom is 0.226 e. The Kier molecular flexibility index (Phi) is 11.3. The van der Waals surface area contributed by atoms with Crippen molar-refractivity contribution >= 4 is 21.8 Å². The van der Waals surface area contributed by atoms with Crippen LogP contribution in [0.2, 0.25) is 0 Å². The highest BCUT2D eigenvalue weighted by molar-refractivity contribution is 9.10. The van der Waals surface area contributed by atoms with Crippen LogP contribution in [0.3, 0.4) is 0 Å². The number of aryl methyl sites for hydroxylation is 1. The van der Waals surface area contributed by atoms with E-state index in [9.17, 15) is 4.79 Å². The first kappa shape index (κ1) is 25.4. The topological polar surface area (TPSA) is 20.3 Å². The van der Waals surface area contributed by atoms with Crippen molar-refractivity contribution in [1.82, 2.24) is 4.90 Å². The fraction of sp³-hybridized carbons (Fsp3) is 0.500. The second kappa shape index (κ2) is 12.8. The molecule has 0 radical (unpaired) electrons. The molecule has 29 heavy (non-hydrogen) atoms. The molecule has 1 saturated heterocycles. The number of nitrogens with zero attached hydrogens (tertiary/aromatic N) is 1. The van der Waals surface area contributed by atoms with E-state index in [1.807, 2.05) is 48.5 Å². The molecule has 3 heteroatoms. The summed E-state index contributed by atoms with van der Waals surface area (Å²) in [5, 5.41) is 0. The van der Waals surface area contributed by atoms with E-state index in [1.165, 1.54) is 12.0 Å². The van der Waals surface area contributed by atoms with Crippen LogP contribution in [0.5, 0.6) is 0 Å². The Morgan fingerprint density at radius 3 is 1.86 bits per heavy atom. The normalized spacial score (nSPS) is 16.8. The average Bonchev–Trinajstić information content (AvgIpc) is 3.12. The highest BCUT2D eigenvalue weighted by Gasteiger charge is 2.34. The first-order valence-electron chi connectivity index (χ1n) is 10.7. The van der Waals surface area contributed by atoms with Gasteiger partial charge in [0.1, 0.15) is 0 Å². The van der Waals surface area contributed by atoms with Gasteiger partial charge >= 0.3 is 0 Å². The zero-order valence-corrected chi connectivity index (χ0v) is 20.6. The lowest BCUT2D eigenvalue weighted by Crippen LogP contribution is -2.39. The Hall–Kier alpha value is -1.61. The number of rotatable bonds is 2.